The summed E-state index contributed by atoms with van der Waals surface area (Å²) in [5, 5.41) is 6.29. The molecule has 1 aliphatic rings. The quantitative estimate of drug-likeness (QED) is 0.419. The monoisotopic (exact) mass is 505 g/mol. The summed E-state index contributed by atoms with van der Waals surface area (Å²) >= 11 is 6.01. The fourth-order valence-electron chi connectivity index (χ4n) is 4.05. The zero-order valence-corrected chi connectivity index (χ0v) is 20.9. The third-order valence-electron chi connectivity index (χ3n) is 6.11. The van der Waals surface area contributed by atoms with Crippen molar-refractivity contribution >= 4 is 35.2 Å². The van der Waals surface area contributed by atoms with Gasteiger partial charge in [-0.2, -0.15) is 0 Å². The Labute approximate surface area is 215 Å². The molecule has 8 heteroatoms. The van der Waals surface area contributed by atoms with Gasteiger partial charge >= 0.3 is 6.09 Å². The number of amides is 3. The summed E-state index contributed by atoms with van der Waals surface area (Å²) in [6, 6.07) is 22.2. The van der Waals surface area contributed by atoms with Crippen LogP contribution in [0.25, 0.3) is 0 Å². The van der Waals surface area contributed by atoms with E-state index in [-0.39, 0.29) is 24.4 Å². The zero-order valence-electron chi connectivity index (χ0n) is 20.1. The van der Waals surface area contributed by atoms with Gasteiger partial charge in [0.05, 0.1) is 6.54 Å². The van der Waals surface area contributed by atoms with Crippen LogP contribution in [0.2, 0.25) is 5.02 Å². The van der Waals surface area contributed by atoms with Crippen LogP contribution in [0.3, 0.4) is 0 Å². The number of halogens is 1. The maximum Gasteiger partial charge on any atom is 0.411 e. The minimum Gasteiger partial charge on any atom is -0.438 e. The molecule has 0 saturated carbocycles. The van der Waals surface area contributed by atoms with Gasteiger partial charge in [0.25, 0.3) is 5.91 Å². The molecule has 4 rings (SSSR count). The molecular formula is C28H28ClN3O4. The van der Waals surface area contributed by atoms with E-state index in [0.29, 0.717) is 21.8 Å². The summed E-state index contributed by atoms with van der Waals surface area (Å²) in [6.07, 6.45) is -0.656. The average Bonchev–Trinajstić information content (AvgIpc) is 3.20. The second kappa shape index (κ2) is 11.3. The minimum atomic E-state index is -0.870. The summed E-state index contributed by atoms with van der Waals surface area (Å²) in [6.45, 7) is 4.13. The van der Waals surface area contributed by atoms with E-state index in [1.54, 1.807) is 48.5 Å². The van der Waals surface area contributed by atoms with Crippen LogP contribution in [-0.4, -0.2) is 34.9 Å². The highest BCUT2D eigenvalue weighted by atomic mass is 35.5. The summed E-state index contributed by atoms with van der Waals surface area (Å²) in [4.78, 5) is 40.5. The molecule has 186 valence electrons. The Hall–Kier alpha value is -3.84. The van der Waals surface area contributed by atoms with Crippen molar-refractivity contribution in [3.8, 4) is 0 Å². The number of rotatable bonds is 8. The number of ether oxygens (including phenoxy) is 1. The highest BCUT2D eigenvalue weighted by molar-refractivity contribution is 6.31. The molecule has 3 amide bonds. The van der Waals surface area contributed by atoms with E-state index in [1.165, 1.54) is 4.90 Å². The normalized spacial score (nSPS) is 17.9. The number of hydrogen-bond donors (Lipinski definition) is 2. The first-order valence-electron chi connectivity index (χ1n) is 11.8. The van der Waals surface area contributed by atoms with Crippen LogP contribution >= 0.6 is 11.6 Å². The van der Waals surface area contributed by atoms with Gasteiger partial charge in [0.1, 0.15) is 0 Å². The first-order chi connectivity index (χ1) is 17.4. The predicted octanol–water partition coefficient (Wildman–Crippen LogP) is 5.57. The Morgan fingerprint density at radius 2 is 1.78 bits per heavy atom. The molecule has 0 spiro atoms. The van der Waals surface area contributed by atoms with Crippen LogP contribution in [0, 0.1) is 0 Å². The molecule has 3 aromatic carbocycles. The summed E-state index contributed by atoms with van der Waals surface area (Å²) in [5.74, 6) is -0.612. The average molecular weight is 506 g/mol. The van der Waals surface area contributed by atoms with Gasteiger partial charge < -0.3 is 15.4 Å². The van der Waals surface area contributed by atoms with Crippen molar-refractivity contribution in [2.75, 3.05) is 5.32 Å². The lowest BCUT2D eigenvalue weighted by molar-refractivity contribution is -0.127. The molecule has 1 fully saturated rings. The first-order valence-corrected chi connectivity index (χ1v) is 12.2. The van der Waals surface area contributed by atoms with E-state index in [9.17, 15) is 14.4 Å². The maximum absolute atomic E-state index is 13.4. The number of carbonyl (C=O) groups is 3. The van der Waals surface area contributed by atoms with Crippen molar-refractivity contribution in [1.29, 1.82) is 0 Å². The van der Waals surface area contributed by atoms with E-state index < -0.39 is 18.2 Å². The number of nitrogens with one attached hydrogen (secondary N) is 2. The molecule has 3 aromatic rings. The van der Waals surface area contributed by atoms with E-state index in [2.05, 4.69) is 10.6 Å². The Balaban J connectivity index is 1.61. The van der Waals surface area contributed by atoms with Crippen molar-refractivity contribution in [1.82, 2.24) is 10.2 Å². The smallest absolute Gasteiger partial charge is 0.411 e. The van der Waals surface area contributed by atoms with Gasteiger partial charge in [-0.1, -0.05) is 67.1 Å². The molecule has 36 heavy (non-hydrogen) atoms. The van der Waals surface area contributed by atoms with E-state index >= 15 is 0 Å². The fourth-order valence-corrected chi connectivity index (χ4v) is 4.24. The minimum absolute atomic E-state index is 0.0595. The lowest BCUT2D eigenvalue weighted by Gasteiger charge is -2.26. The lowest BCUT2D eigenvalue weighted by atomic mass is 9.99. The van der Waals surface area contributed by atoms with Gasteiger partial charge in [0.15, 0.2) is 12.1 Å². The topological polar surface area (TPSA) is 87.7 Å². The molecule has 0 bridgehead atoms. The molecule has 1 aliphatic heterocycles. The van der Waals surface area contributed by atoms with Crippen molar-refractivity contribution < 1.29 is 19.1 Å². The standard InChI is InChI=1S/C28H28ClN3O4/c1-3-18(2)30-27(34)24-25(36-28(35)32(24)17-19-9-5-4-6-10-19)20-11-8-14-23(16-20)31-26(33)21-12-7-13-22(29)15-21/h4-16,18,24-25H,3,17H2,1-2H3,(H,30,34)(H,31,33)/t18-,24-,25-/m0/s1. The van der Waals surface area contributed by atoms with Crippen LogP contribution in [0.1, 0.15) is 47.9 Å². The Kier molecular flexibility index (Phi) is 7.90. The van der Waals surface area contributed by atoms with Crippen LogP contribution in [0.15, 0.2) is 78.9 Å². The van der Waals surface area contributed by atoms with E-state index in [1.807, 2.05) is 44.2 Å². The van der Waals surface area contributed by atoms with Gasteiger partial charge in [0.2, 0.25) is 5.91 Å². The van der Waals surface area contributed by atoms with Crippen molar-refractivity contribution in [3.05, 3.63) is 101 Å². The molecule has 1 saturated heterocycles. The molecule has 0 aliphatic carbocycles. The Bertz CT molecular complexity index is 1250. The molecule has 1 heterocycles. The molecule has 0 unspecified atom stereocenters. The van der Waals surface area contributed by atoms with Crippen molar-refractivity contribution in [3.63, 3.8) is 0 Å². The van der Waals surface area contributed by atoms with Gasteiger partial charge in [0, 0.05) is 22.3 Å². The summed E-state index contributed by atoms with van der Waals surface area (Å²) < 4.78 is 5.74. The number of nitrogens with zero attached hydrogens (tertiary/aromatic N) is 1. The zero-order chi connectivity index (χ0) is 25.7. The number of cyclic esters (lactones) is 1. The summed E-state index contributed by atoms with van der Waals surface area (Å²) in [7, 11) is 0. The van der Waals surface area contributed by atoms with Crippen LogP contribution in [0.5, 0.6) is 0 Å². The first kappa shape index (κ1) is 25.3. The third-order valence-corrected chi connectivity index (χ3v) is 6.35. The third kappa shape index (κ3) is 5.86. The molecular weight excluding hydrogens is 478 g/mol. The highest BCUT2D eigenvalue weighted by Gasteiger charge is 2.47. The van der Waals surface area contributed by atoms with E-state index in [4.69, 9.17) is 16.3 Å². The highest BCUT2D eigenvalue weighted by Crippen LogP contribution is 2.35. The Morgan fingerprint density at radius 1 is 1.03 bits per heavy atom. The largest absolute Gasteiger partial charge is 0.438 e. The SMILES string of the molecule is CC[C@H](C)NC(=O)[C@@H]1[C@H](c2cccc(NC(=O)c3cccc(Cl)c3)c2)OC(=O)N1Cc1ccccc1. The van der Waals surface area contributed by atoms with Gasteiger partial charge in [-0.25, -0.2) is 4.79 Å². The van der Waals surface area contributed by atoms with E-state index in [0.717, 1.165) is 12.0 Å². The van der Waals surface area contributed by atoms with Crippen molar-refractivity contribution in [2.45, 2.75) is 45.0 Å². The second-order valence-corrected chi connectivity index (χ2v) is 9.21. The number of anilines is 1. The predicted molar refractivity (Wildman–Crippen MR) is 139 cm³/mol. The van der Waals surface area contributed by atoms with Crippen LogP contribution < -0.4 is 10.6 Å². The number of carbonyl (C=O) groups excluding carboxylic acids is 3. The summed E-state index contributed by atoms with van der Waals surface area (Å²) in [5.41, 5.74) is 2.42. The Morgan fingerprint density at radius 3 is 2.50 bits per heavy atom. The molecule has 0 radical (unpaired) electrons. The van der Waals surface area contributed by atoms with Crippen molar-refractivity contribution in [2.24, 2.45) is 0 Å². The number of benzene rings is 3. The molecule has 3 atom stereocenters. The second-order valence-electron chi connectivity index (χ2n) is 8.77. The number of hydrogen-bond acceptors (Lipinski definition) is 4. The van der Waals surface area contributed by atoms with Gasteiger partial charge in [-0.3, -0.25) is 14.5 Å². The van der Waals surface area contributed by atoms with Crippen LogP contribution in [0.4, 0.5) is 10.5 Å². The van der Waals surface area contributed by atoms with Gasteiger partial charge in [-0.15, -0.1) is 0 Å². The maximum atomic E-state index is 13.4. The lowest BCUT2D eigenvalue weighted by Crippen LogP contribution is -2.48. The molecule has 7 nitrogen and oxygen atoms in total. The van der Waals surface area contributed by atoms with Crippen LogP contribution in [-0.2, 0) is 16.1 Å². The van der Waals surface area contributed by atoms with Gasteiger partial charge in [-0.05, 0) is 54.8 Å². The molecule has 2 N–H and O–H groups in total. The fraction of sp³-hybridized carbons (Fsp3) is 0.250. The molecule has 0 aromatic heterocycles.